The van der Waals surface area contributed by atoms with Gasteiger partial charge < -0.3 is 4.98 Å². The molecular formula is C25H18FNO2. The maximum absolute atomic E-state index is 13.9. The van der Waals surface area contributed by atoms with Crippen molar-refractivity contribution < 1.29 is 9.18 Å². The third-order valence-electron chi connectivity index (χ3n) is 4.83. The molecule has 1 aromatic heterocycles. The van der Waals surface area contributed by atoms with Crippen molar-refractivity contribution in [3.05, 3.63) is 112 Å². The second-order valence-corrected chi connectivity index (χ2v) is 6.83. The van der Waals surface area contributed by atoms with E-state index >= 15 is 0 Å². The molecule has 3 aromatic carbocycles. The van der Waals surface area contributed by atoms with Gasteiger partial charge in [-0.25, -0.2) is 4.39 Å². The summed E-state index contributed by atoms with van der Waals surface area (Å²) in [4.78, 5) is 28.6. The Morgan fingerprint density at radius 3 is 2.38 bits per heavy atom. The number of hydrogen-bond acceptors (Lipinski definition) is 2. The SMILES string of the molecule is Cc1ccc(-c2c(C(=O)/C=C/c3ccccc3F)c(=O)[nH]c3ccccc23)cc1. The van der Waals surface area contributed by atoms with Crippen LogP contribution < -0.4 is 5.56 Å². The van der Waals surface area contributed by atoms with E-state index in [9.17, 15) is 14.0 Å². The topological polar surface area (TPSA) is 49.9 Å². The zero-order chi connectivity index (χ0) is 20.4. The third-order valence-corrected chi connectivity index (χ3v) is 4.83. The van der Waals surface area contributed by atoms with Crippen LogP contribution in [0.1, 0.15) is 21.5 Å². The number of benzene rings is 3. The fourth-order valence-corrected chi connectivity index (χ4v) is 3.36. The molecule has 0 saturated carbocycles. The second-order valence-electron chi connectivity index (χ2n) is 6.83. The number of carbonyl (C=O) groups is 1. The monoisotopic (exact) mass is 383 g/mol. The summed E-state index contributed by atoms with van der Waals surface area (Å²) in [5.74, 6) is -0.904. The van der Waals surface area contributed by atoms with Crippen LogP contribution in [-0.2, 0) is 0 Å². The number of allylic oxidation sites excluding steroid dienone is 1. The Kier molecular flexibility index (Phi) is 4.92. The van der Waals surface area contributed by atoms with Crippen LogP contribution >= 0.6 is 0 Å². The summed E-state index contributed by atoms with van der Waals surface area (Å²) in [5.41, 5.74) is 2.95. The van der Waals surface area contributed by atoms with E-state index in [0.717, 1.165) is 16.5 Å². The highest BCUT2D eigenvalue weighted by Crippen LogP contribution is 2.30. The molecule has 0 aliphatic heterocycles. The molecule has 0 spiro atoms. The molecule has 1 heterocycles. The van der Waals surface area contributed by atoms with Gasteiger partial charge in [-0.3, -0.25) is 9.59 Å². The van der Waals surface area contributed by atoms with Crippen LogP contribution in [0, 0.1) is 12.7 Å². The van der Waals surface area contributed by atoms with Gasteiger partial charge in [-0.05, 0) is 36.8 Å². The van der Waals surface area contributed by atoms with Crippen LogP contribution in [0.3, 0.4) is 0 Å². The van der Waals surface area contributed by atoms with Crippen LogP contribution in [-0.4, -0.2) is 10.8 Å². The van der Waals surface area contributed by atoms with Crippen molar-refractivity contribution in [1.82, 2.24) is 4.98 Å². The lowest BCUT2D eigenvalue weighted by atomic mass is 9.93. The van der Waals surface area contributed by atoms with Crippen LogP contribution in [0.5, 0.6) is 0 Å². The first-order chi connectivity index (χ1) is 14.0. The largest absolute Gasteiger partial charge is 0.321 e. The first kappa shape index (κ1) is 18.6. The van der Waals surface area contributed by atoms with Gasteiger partial charge in [-0.15, -0.1) is 0 Å². The first-order valence-electron chi connectivity index (χ1n) is 9.23. The van der Waals surface area contributed by atoms with Gasteiger partial charge in [0.1, 0.15) is 5.82 Å². The summed E-state index contributed by atoms with van der Waals surface area (Å²) in [7, 11) is 0. The highest BCUT2D eigenvalue weighted by Gasteiger charge is 2.19. The van der Waals surface area contributed by atoms with Crippen molar-refractivity contribution in [1.29, 1.82) is 0 Å². The number of carbonyl (C=O) groups excluding carboxylic acids is 1. The number of fused-ring (bicyclic) bond motifs is 1. The van der Waals surface area contributed by atoms with Crippen molar-refractivity contribution in [3.8, 4) is 11.1 Å². The smallest absolute Gasteiger partial charge is 0.260 e. The highest BCUT2D eigenvalue weighted by molar-refractivity contribution is 6.15. The second kappa shape index (κ2) is 7.68. The summed E-state index contributed by atoms with van der Waals surface area (Å²) in [6.07, 6.45) is 2.64. The number of nitrogens with one attached hydrogen (secondary N) is 1. The van der Waals surface area contributed by atoms with Crippen LogP contribution in [0.2, 0.25) is 0 Å². The summed E-state index contributed by atoms with van der Waals surface area (Å²) in [6, 6.07) is 21.2. The van der Waals surface area contributed by atoms with Crippen LogP contribution in [0.15, 0.2) is 83.7 Å². The van der Waals surface area contributed by atoms with E-state index in [0.29, 0.717) is 11.1 Å². The molecule has 142 valence electrons. The number of para-hydroxylation sites is 1. The summed E-state index contributed by atoms with van der Waals surface area (Å²) in [6.45, 7) is 1.98. The lowest BCUT2D eigenvalue weighted by molar-refractivity contribution is 0.104. The molecular weight excluding hydrogens is 365 g/mol. The van der Waals surface area contributed by atoms with Crippen LogP contribution in [0.25, 0.3) is 28.1 Å². The lowest BCUT2D eigenvalue weighted by Gasteiger charge is -2.11. The first-order valence-corrected chi connectivity index (χ1v) is 9.23. The Morgan fingerprint density at radius 1 is 0.931 bits per heavy atom. The Morgan fingerprint density at radius 2 is 1.62 bits per heavy atom. The molecule has 0 radical (unpaired) electrons. The Labute approximate surface area is 167 Å². The normalized spacial score (nSPS) is 11.2. The zero-order valence-electron chi connectivity index (χ0n) is 15.8. The third kappa shape index (κ3) is 3.65. The number of aromatic amines is 1. The van der Waals surface area contributed by atoms with Gasteiger partial charge >= 0.3 is 0 Å². The molecule has 0 fully saturated rings. The maximum Gasteiger partial charge on any atom is 0.260 e. The number of aromatic nitrogens is 1. The minimum absolute atomic E-state index is 0.0418. The number of aryl methyl sites for hydroxylation is 1. The number of halogens is 1. The van der Waals surface area contributed by atoms with E-state index < -0.39 is 17.2 Å². The van der Waals surface area contributed by atoms with Crippen molar-refractivity contribution >= 4 is 22.8 Å². The quantitative estimate of drug-likeness (QED) is 0.372. The molecule has 0 bridgehead atoms. The predicted octanol–water partition coefficient (Wildman–Crippen LogP) is 5.54. The average molecular weight is 383 g/mol. The van der Waals surface area contributed by atoms with Crippen molar-refractivity contribution in [2.45, 2.75) is 6.92 Å². The van der Waals surface area contributed by atoms with Gasteiger partial charge in [0, 0.05) is 22.0 Å². The Hall–Kier alpha value is -3.79. The van der Waals surface area contributed by atoms with Gasteiger partial charge in [-0.1, -0.05) is 66.2 Å². The molecule has 0 amide bonds. The van der Waals surface area contributed by atoms with Crippen molar-refractivity contribution in [3.63, 3.8) is 0 Å². The molecule has 4 heteroatoms. The van der Waals surface area contributed by atoms with Crippen molar-refractivity contribution in [2.75, 3.05) is 0 Å². The number of hydrogen-bond donors (Lipinski definition) is 1. The van der Waals surface area contributed by atoms with Crippen LogP contribution in [0.4, 0.5) is 4.39 Å². The number of rotatable bonds is 4. The van der Waals surface area contributed by atoms with E-state index in [1.165, 1.54) is 18.2 Å². The zero-order valence-corrected chi connectivity index (χ0v) is 15.8. The van der Waals surface area contributed by atoms with Gasteiger partial charge in [0.05, 0.1) is 5.56 Å². The fraction of sp³-hybridized carbons (Fsp3) is 0.0400. The molecule has 1 N–H and O–H groups in total. The standard InChI is InChI=1S/C25H18FNO2/c1-16-10-12-18(13-11-16)23-19-7-3-5-9-21(19)27-25(29)24(23)22(28)15-14-17-6-2-4-8-20(17)26/h2-15H,1H3,(H,27,29)/b15-14+. The van der Waals surface area contributed by atoms with Crippen molar-refractivity contribution in [2.24, 2.45) is 0 Å². The predicted molar refractivity (Wildman–Crippen MR) is 115 cm³/mol. The van der Waals surface area contributed by atoms with E-state index in [1.54, 1.807) is 24.3 Å². The van der Waals surface area contributed by atoms with E-state index in [-0.39, 0.29) is 11.1 Å². The molecule has 29 heavy (non-hydrogen) atoms. The highest BCUT2D eigenvalue weighted by atomic mass is 19.1. The molecule has 0 atom stereocenters. The number of ketones is 1. The Balaban J connectivity index is 1.92. The Bertz CT molecular complexity index is 1300. The van der Waals surface area contributed by atoms with Gasteiger partial charge in [0.15, 0.2) is 5.78 Å². The van der Waals surface area contributed by atoms with Gasteiger partial charge in [-0.2, -0.15) is 0 Å². The van der Waals surface area contributed by atoms with E-state index in [4.69, 9.17) is 0 Å². The minimum Gasteiger partial charge on any atom is -0.321 e. The molecule has 3 nitrogen and oxygen atoms in total. The van der Waals surface area contributed by atoms with Gasteiger partial charge in [0.2, 0.25) is 0 Å². The molecule has 0 aliphatic rings. The van der Waals surface area contributed by atoms with E-state index in [1.807, 2.05) is 49.4 Å². The number of pyridine rings is 1. The number of H-pyrrole nitrogens is 1. The van der Waals surface area contributed by atoms with Gasteiger partial charge in [0.25, 0.3) is 5.56 Å². The maximum atomic E-state index is 13.9. The lowest BCUT2D eigenvalue weighted by Crippen LogP contribution is -2.18. The van der Waals surface area contributed by atoms with E-state index in [2.05, 4.69) is 4.98 Å². The molecule has 4 rings (SSSR count). The summed E-state index contributed by atoms with van der Waals surface area (Å²) in [5, 5.41) is 0.776. The molecule has 0 unspecified atom stereocenters. The minimum atomic E-state index is -0.476. The molecule has 4 aromatic rings. The average Bonchev–Trinajstić information content (AvgIpc) is 2.72. The fourth-order valence-electron chi connectivity index (χ4n) is 3.36. The summed E-state index contributed by atoms with van der Waals surface area (Å²) >= 11 is 0. The molecule has 0 saturated heterocycles. The molecule has 0 aliphatic carbocycles. The summed E-state index contributed by atoms with van der Waals surface area (Å²) < 4.78 is 13.9.